The number of unbranched alkanes of at least 4 members (excludes halogenated alkanes) is 6. The van der Waals surface area contributed by atoms with E-state index in [1.807, 2.05) is 0 Å². The monoisotopic (exact) mass is 419 g/mol. The average Bonchev–Trinajstić information content (AvgIpc) is 2.60. The zero-order valence-corrected chi connectivity index (χ0v) is 15.9. The van der Waals surface area contributed by atoms with E-state index in [0.717, 1.165) is 43.4 Å². The van der Waals surface area contributed by atoms with E-state index in [-0.39, 0.29) is 13.1 Å². The van der Waals surface area contributed by atoms with Gasteiger partial charge >= 0.3 is 12.1 Å². The second-order valence-electron chi connectivity index (χ2n) is 6.65. The van der Waals surface area contributed by atoms with Crippen LogP contribution in [0.25, 0.3) is 0 Å². The van der Waals surface area contributed by atoms with E-state index in [1.165, 1.54) is 6.92 Å². The molecule has 0 aliphatic rings. The van der Waals surface area contributed by atoms with Gasteiger partial charge in [0.2, 0.25) is 0 Å². The molecule has 0 radical (unpaired) electrons. The number of hydrogen-bond donors (Lipinski definition) is 0. The van der Waals surface area contributed by atoms with E-state index in [1.54, 1.807) is 0 Å². The van der Waals surface area contributed by atoms with Crippen LogP contribution in [0, 0.1) is 17.5 Å². The molecule has 0 spiro atoms. The number of rotatable bonds is 11. The lowest BCUT2D eigenvalue weighted by Gasteiger charge is -2.27. The molecule has 1 nitrogen and oxygen atoms in total. The normalized spacial score (nSPS) is 12.5. The van der Waals surface area contributed by atoms with Crippen molar-refractivity contribution in [2.45, 2.75) is 70.9 Å². The van der Waals surface area contributed by atoms with Crippen LogP contribution in [0.3, 0.4) is 0 Å². The fourth-order valence-corrected chi connectivity index (χ4v) is 2.95. The number of alkyl halides is 5. The summed E-state index contributed by atoms with van der Waals surface area (Å²) in [7, 11) is 0. The zero-order chi connectivity index (χ0) is 21.5. The number of anilines is 1. The van der Waals surface area contributed by atoms with Crippen molar-refractivity contribution in [2.24, 2.45) is 0 Å². The van der Waals surface area contributed by atoms with E-state index in [2.05, 4.69) is 6.92 Å². The first-order chi connectivity index (χ1) is 13.0. The summed E-state index contributed by atoms with van der Waals surface area (Å²) in [6.07, 6.45) is 0.176. The Labute approximate surface area is 159 Å². The van der Waals surface area contributed by atoms with E-state index in [0.29, 0.717) is 12.5 Å². The van der Waals surface area contributed by atoms with Crippen LogP contribution in [-0.4, -0.2) is 19.3 Å². The summed E-state index contributed by atoms with van der Waals surface area (Å²) in [6, 6.07) is 0.325. The van der Waals surface area contributed by atoms with Gasteiger partial charge in [0, 0.05) is 19.2 Å². The Morgan fingerprint density at radius 3 is 1.82 bits per heavy atom. The standard InChI is InChI=1S/C19H25F8N/c1-3-5-6-7-8-9-10-11-28(4-2)14-12-13(20)16(21)15(17(14)22)18(23,24)19(25,26)27/h12H,3-11H2,1-2H3. The molecule has 28 heavy (non-hydrogen) atoms. The first kappa shape index (κ1) is 24.5. The van der Waals surface area contributed by atoms with E-state index in [9.17, 15) is 35.1 Å². The Kier molecular flexibility index (Phi) is 9.01. The number of nitrogens with zero attached hydrogens (tertiary/aromatic N) is 1. The minimum absolute atomic E-state index is 0.0366. The molecule has 1 aromatic carbocycles. The second kappa shape index (κ2) is 10.3. The van der Waals surface area contributed by atoms with Gasteiger partial charge in [0.05, 0.1) is 5.69 Å². The Balaban J connectivity index is 3.03. The first-order valence-electron chi connectivity index (χ1n) is 9.36. The summed E-state index contributed by atoms with van der Waals surface area (Å²) in [5.41, 5.74) is -3.40. The van der Waals surface area contributed by atoms with Crippen molar-refractivity contribution in [3.05, 3.63) is 29.1 Å². The zero-order valence-electron chi connectivity index (χ0n) is 15.9. The van der Waals surface area contributed by atoms with Gasteiger partial charge in [0.25, 0.3) is 0 Å². The van der Waals surface area contributed by atoms with Crippen LogP contribution in [0.5, 0.6) is 0 Å². The van der Waals surface area contributed by atoms with Crippen LogP contribution >= 0.6 is 0 Å². The van der Waals surface area contributed by atoms with Gasteiger partial charge in [-0.15, -0.1) is 0 Å². The molecule has 0 aromatic heterocycles. The van der Waals surface area contributed by atoms with Gasteiger partial charge in [-0.25, -0.2) is 13.2 Å². The summed E-state index contributed by atoms with van der Waals surface area (Å²) in [5.74, 6) is -12.4. The lowest BCUT2D eigenvalue weighted by atomic mass is 10.0. The topological polar surface area (TPSA) is 3.24 Å². The van der Waals surface area contributed by atoms with E-state index < -0.39 is 40.8 Å². The highest BCUT2D eigenvalue weighted by Crippen LogP contribution is 2.47. The lowest BCUT2D eigenvalue weighted by Crippen LogP contribution is -2.37. The molecule has 1 aromatic rings. The van der Waals surface area contributed by atoms with Gasteiger partial charge in [-0.2, -0.15) is 22.0 Å². The molecule has 0 aliphatic carbocycles. The molecule has 162 valence electrons. The third-order valence-electron chi connectivity index (χ3n) is 4.56. The van der Waals surface area contributed by atoms with E-state index >= 15 is 0 Å². The molecule has 0 bridgehead atoms. The van der Waals surface area contributed by atoms with Crippen LogP contribution in [-0.2, 0) is 5.92 Å². The minimum atomic E-state index is -6.25. The molecule has 9 heteroatoms. The van der Waals surface area contributed by atoms with Gasteiger partial charge in [-0.1, -0.05) is 45.4 Å². The van der Waals surface area contributed by atoms with Crippen molar-refractivity contribution in [1.29, 1.82) is 0 Å². The molecule has 0 atom stereocenters. The molecule has 0 saturated carbocycles. The number of halogens is 8. The van der Waals surface area contributed by atoms with Crippen molar-refractivity contribution in [3.8, 4) is 0 Å². The average molecular weight is 419 g/mol. The maximum absolute atomic E-state index is 14.5. The smallest absolute Gasteiger partial charge is 0.369 e. The van der Waals surface area contributed by atoms with Crippen molar-refractivity contribution in [1.82, 2.24) is 0 Å². The Bertz CT molecular complexity index is 627. The quantitative estimate of drug-likeness (QED) is 0.206. The third kappa shape index (κ3) is 5.73. The van der Waals surface area contributed by atoms with Crippen LogP contribution < -0.4 is 4.90 Å². The molecule has 0 N–H and O–H groups in total. The van der Waals surface area contributed by atoms with Crippen molar-refractivity contribution >= 4 is 5.69 Å². The highest BCUT2D eigenvalue weighted by atomic mass is 19.4. The SMILES string of the molecule is CCCCCCCCCN(CC)c1cc(F)c(F)c(C(F)(F)C(F)(F)F)c1F. The van der Waals surface area contributed by atoms with Crippen molar-refractivity contribution < 1.29 is 35.1 Å². The van der Waals surface area contributed by atoms with Gasteiger partial charge < -0.3 is 4.90 Å². The predicted molar refractivity (Wildman–Crippen MR) is 92.1 cm³/mol. The van der Waals surface area contributed by atoms with Crippen LogP contribution in [0.15, 0.2) is 6.07 Å². The van der Waals surface area contributed by atoms with Crippen LogP contribution in [0.1, 0.15) is 64.4 Å². The number of benzene rings is 1. The highest BCUT2D eigenvalue weighted by Gasteiger charge is 2.62. The van der Waals surface area contributed by atoms with Gasteiger partial charge in [-0.05, 0) is 13.3 Å². The molecule has 0 fully saturated rings. The highest BCUT2D eigenvalue weighted by molar-refractivity contribution is 5.52. The summed E-state index contributed by atoms with van der Waals surface area (Å²) in [6.45, 7) is 3.76. The summed E-state index contributed by atoms with van der Waals surface area (Å²) in [4.78, 5) is 1.14. The molecular weight excluding hydrogens is 394 g/mol. The Morgan fingerprint density at radius 1 is 0.786 bits per heavy atom. The molecular formula is C19H25F8N. The second-order valence-corrected chi connectivity index (χ2v) is 6.65. The van der Waals surface area contributed by atoms with Crippen LogP contribution in [0.4, 0.5) is 40.8 Å². The van der Waals surface area contributed by atoms with Crippen molar-refractivity contribution in [2.75, 3.05) is 18.0 Å². The van der Waals surface area contributed by atoms with E-state index in [4.69, 9.17) is 0 Å². The molecule has 0 aliphatic heterocycles. The maximum atomic E-state index is 14.5. The Morgan fingerprint density at radius 2 is 1.32 bits per heavy atom. The molecule has 0 amide bonds. The van der Waals surface area contributed by atoms with Gasteiger partial charge in [0.1, 0.15) is 5.56 Å². The molecule has 0 unspecified atom stereocenters. The van der Waals surface area contributed by atoms with Gasteiger partial charge in [-0.3, -0.25) is 0 Å². The minimum Gasteiger partial charge on any atom is -0.369 e. The molecule has 0 heterocycles. The lowest BCUT2D eigenvalue weighted by molar-refractivity contribution is -0.291. The summed E-state index contributed by atoms with van der Waals surface area (Å²) < 4.78 is 107. The van der Waals surface area contributed by atoms with Crippen LogP contribution in [0.2, 0.25) is 0 Å². The summed E-state index contributed by atoms with van der Waals surface area (Å²) in [5, 5.41) is 0. The number of hydrogen-bond acceptors (Lipinski definition) is 1. The van der Waals surface area contributed by atoms with Crippen molar-refractivity contribution in [3.63, 3.8) is 0 Å². The predicted octanol–water partition coefficient (Wildman–Crippen LogP) is 7.33. The molecule has 0 saturated heterocycles. The van der Waals surface area contributed by atoms with Gasteiger partial charge in [0.15, 0.2) is 17.5 Å². The largest absolute Gasteiger partial charge is 0.458 e. The Hall–Kier alpha value is -1.54. The first-order valence-corrected chi connectivity index (χ1v) is 9.36. The third-order valence-corrected chi connectivity index (χ3v) is 4.56. The fourth-order valence-electron chi connectivity index (χ4n) is 2.95. The maximum Gasteiger partial charge on any atom is 0.458 e. The molecule has 1 rings (SSSR count). The fraction of sp³-hybridized carbons (Fsp3) is 0.684. The summed E-state index contributed by atoms with van der Waals surface area (Å²) >= 11 is 0.